The van der Waals surface area contributed by atoms with Crippen molar-refractivity contribution in [3.05, 3.63) is 42.9 Å². The number of rotatable bonds is 4. The third kappa shape index (κ3) is 2.99. The van der Waals surface area contributed by atoms with Crippen LogP contribution in [-0.2, 0) is 17.1 Å². The summed E-state index contributed by atoms with van der Waals surface area (Å²) in [6.45, 7) is 1.24. The van der Waals surface area contributed by atoms with Crippen molar-refractivity contribution in [1.29, 1.82) is 0 Å². The number of aryl methyl sites for hydroxylation is 1. The molecule has 1 aromatic carbocycles. The Morgan fingerprint density at radius 2 is 1.96 bits per heavy atom. The van der Waals surface area contributed by atoms with Crippen molar-refractivity contribution in [2.75, 3.05) is 13.1 Å². The van der Waals surface area contributed by atoms with Crippen LogP contribution in [0.5, 0.6) is 0 Å². The summed E-state index contributed by atoms with van der Waals surface area (Å²) >= 11 is 1.82. The van der Waals surface area contributed by atoms with Gasteiger partial charge in [0, 0.05) is 43.2 Å². The molecule has 0 spiro atoms. The number of thioether (sulfide) groups is 1. The molecule has 1 saturated carbocycles. The molecule has 0 N–H and O–H groups in total. The van der Waals surface area contributed by atoms with Gasteiger partial charge in [-0.25, -0.2) is 13.4 Å². The molecule has 6 nitrogen and oxygen atoms in total. The lowest BCUT2D eigenvalue weighted by atomic mass is 10.0. The Balaban J connectivity index is 1.29. The second kappa shape index (κ2) is 6.39. The van der Waals surface area contributed by atoms with E-state index in [-0.39, 0.29) is 0 Å². The number of hydrogen-bond donors (Lipinski definition) is 0. The second-order valence-electron chi connectivity index (χ2n) is 7.49. The van der Waals surface area contributed by atoms with Gasteiger partial charge in [0.1, 0.15) is 5.58 Å². The van der Waals surface area contributed by atoms with Gasteiger partial charge in [0.25, 0.3) is 0 Å². The summed E-state index contributed by atoms with van der Waals surface area (Å²) in [5.74, 6) is 0.880. The molecule has 0 bridgehead atoms. The van der Waals surface area contributed by atoms with Crippen molar-refractivity contribution in [3.63, 3.8) is 0 Å². The first-order valence-corrected chi connectivity index (χ1v) is 11.4. The molecule has 1 aliphatic carbocycles. The first-order valence-electron chi connectivity index (χ1n) is 9.12. The van der Waals surface area contributed by atoms with Crippen molar-refractivity contribution in [2.45, 2.75) is 28.1 Å². The molecule has 2 aliphatic rings. The van der Waals surface area contributed by atoms with Crippen LogP contribution in [-0.4, -0.2) is 40.6 Å². The molecule has 1 aliphatic heterocycles. The van der Waals surface area contributed by atoms with Crippen LogP contribution in [0, 0.1) is 11.8 Å². The Morgan fingerprint density at radius 1 is 1.19 bits per heavy atom. The highest BCUT2D eigenvalue weighted by Gasteiger charge is 2.45. The van der Waals surface area contributed by atoms with Crippen LogP contribution in [0.2, 0.25) is 0 Å². The zero-order valence-electron chi connectivity index (χ0n) is 15.0. The van der Waals surface area contributed by atoms with Gasteiger partial charge >= 0.3 is 0 Å². The first-order chi connectivity index (χ1) is 13.0. The third-order valence-corrected chi connectivity index (χ3v) is 8.94. The minimum Gasteiger partial charge on any atom is -0.464 e. The average molecular weight is 404 g/mol. The van der Waals surface area contributed by atoms with Crippen LogP contribution >= 0.6 is 11.8 Å². The molecule has 3 aromatic rings. The highest BCUT2D eigenvalue weighted by molar-refractivity contribution is 7.99. The predicted octanol–water partition coefficient (Wildman–Crippen LogP) is 3.36. The molecule has 142 valence electrons. The Kier molecular flexibility index (Phi) is 4.10. The van der Waals surface area contributed by atoms with Gasteiger partial charge in [-0.05, 0) is 48.9 Å². The molecular weight excluding hydrogens is 382 g/mol. The summed E-state index contributed by atoms with van der Waals surface area (Å²) in [7, 11) is -1.45. The van der Waals surface area contributed by atoms with E-state index < -0.39 is 10.0 Å². The van der Waals surface area contributed by atoms with E-state index in [2.05, 4.69) is 4.98 Å². The third-order valence-electron chi connectivity index (χ3n) is 5.78. The molecule has 3 atom stereocenters. The summed E-state index contributed by atoms with van der Waals surface area (Å²) in [5, 5.41) is 2.38. The minimum absolute atomic E-state index is 0.357. The van der Waals surface area contributed by atoms with E-state index in [0.717, 1.165) is 23.4 Å². The lowest BCUT2D eigenvalue weighted by Crippen LogP contribution is -2.30. The summed E-state index contributed by atoms with van der Waals surface area (Å²) < 4.78 is 35.2. The predicted molar refractivity (Wildman–Crippen MR) is 104 cm³/mol. The van der Waals surface area contributed by atoms with E-state index in [1.165, 1.54) is 0 Å². The number of aromatic nitrogens is 2. The standard InChI is InChI=1S/C19H21N3O3S2/c1-21-6-5-20-19(21)26-16-8-14-11-22(12-15(14)9-16)27(23,24)17-2-3-18-13(10-17)4-7-25-18/h2-7,10,14-16H,8-9,11-12H2,1H3/t14-,15+,16?. The van der Waals surface area contributed by atoms with Gasteiger partial charge in [-0.2, -0.15) is 4.31 Å². The molecule has 8 heteroatoms. The van der Waals surface area contributed by atoms with Crippen LogP contribution in [0.25, 0.3) is 11.0 Å². The highest BCUT2D eigenvalue weighted by Crippen LogP contribution is 2.45. The molecule has 0 radical (unpaired) electrons. The summed E-state index contributed by atoms with van der Waals surface area (Å²) in [6, 6.07) is 6.89. The molecule has 1 unspecified atom stereocenters. The van der Waals surface area contributed by atoms with Crippen LogP contribution in [0.15, 0.2) is 57.4 Å². The smallest absolute Gasteiger partial charge is 0.243 e. The molecular formula is C19H21N3O3S2. The van der Waals surface area contributed by atoms with Gasteiger partial charge in [0.05, 0.1) is 11.2 Å². The van der Waals surface area contributed by atoms with E-state index in [1.807, 2.05) is 35.8 Å². The van der Waals surface area contributed by atoms with Gasteiger partial charge in [0.15, 0.2) is 5.16 Å². The Bertz CT molecular complexity index is 1070. The number of nitrogens with zero attached hydrogens (tertiary/aromatic N) is 3. The summed E-state index contributed by atoms with van der Waals surface area (Å²) in [6.07, 6.45) is 7.47. The van der Waals surface area contributed by atoms with Crippen molar-refractivity contribution in [1.82, 2.24) is 13.9 Å². The van der Waals surface area contributed by atoms with Crippen molar-refractivity contribution in [2.24, 2.45) is 18.9 Å². The van der Waals surface area contributed by atoms with Crippen LogP contribution in [0.3, 0.4) is 0 Å². The molecule has 0 amide bonds. The number of fused-ring (bicyclic) bond motifs is 2. The zero-order chi connectivity index (χ0) is 18.6. The largest absolute Gasteiger partial charge is 0.464 e. The molecule has 1 saturated heterocycles. The topological polar surface area (TPSA) is 68.3 Å². The fourth-order valence-electron chi connectivity index (χ4n) is 4.36. The van der Waals surface area contributed by atoms with Crippen molar-refractivity contribution >= 4 is 32.8 Å². The number of sulfonamides is 1. The maximum Gasteiger partial charge on any atom is 0.243 e. The van der Waals surface area contributed by atoms with E-state index in [4.69, 9.17) is 4.42 Å². The zero-order valence-corrected chi connectivity index (χ0v) is 16.6. The van der Waals surface area contributed by atoms with Gasteiger partial charge in [-0.1, -0.05) is 11.8 Å². The molecule has 2 fully saturated rings. The van der Waals surface area contributed by atoms with Gasteiger partial charge < -0.3 is 8.98 Å². The summed E-state index contributed by atoms with van der Waals surface area (Å²) in [4.78, 5) is 4.76. The molecule has 5 rings (SSSR count). The second-order valence-corrected chi connectivity index (χ2v) is 10.7. The van der Waals surface area contributed by atoms with Gasteiger partial charge in [-0.3, -0.25) is 0 Å². The fourth-order valence-corrected chi connectivity index (χ4v) is 7.29. The lowest BCUT2D eigenvalue weighted by Gasteiger charge is -2.19. The maximum atomic E-state index is 13.1. The van der Waals surface area contributed by atoms with Crippen LogP contribution in [0.1, 0.15) is 12.8 Å². The monoisotopic (exact) mass is 403 g/mol. The van der Waals surface area contributed by atoms with Gasteiger partial charge in [0.2, 0.25) is 10.0 Å². The number of hydrogen-bond acceptors (Lipinski definition) is 5. The number of furan rings is 1. The molecule has 2 aromatic heterocycles. The van der Waals surface area contributed by atoms with Crippen molar-refractivity contribution < 1.29 is 12.8 Å². The van der Waals surface area contributed by atoms with Crippen LogP contribution < -0.4 is 0 Å². The van der Waals surface area contributed by atoms with Crippen molar-refractivity contribution in [3.8, 4) is 0 Å². The maximum absolute atomic E-state index is 13.1. The van der Waals surface area contributed by atoms with Gasteiger partial charge in [-0.15, -0.1) is 0 Å². The Hall–Kier alpha value is -1.77. The summed E-state index contributed by atoms with van der Waals surface area (Å²) in [5.41, 5.74) is 0.710. The Labute approximate surface area is 162 Å². The van der Waals surface area contributed by atoms with E-state index in [9.17, 15) is 8.42 Å². The first kappa shape index (κ1) is 17.3. The van der Waals surface area contributed by atoms with E-state index in [1.54, 1.807) is 34.8 Å². The minimum atomic E-state index is -3.46. The molecule has 3 heterocycles. The fraction of sp³-hybridized carbons (Fsp3) is 0.421. The van der Waals surface area contributed by atoms with E-state index in [0.29, 0.717) is 40.7 Å². The quantitative estimate of drug-likeness (QED) is 0.668. The lowest BCUT2D eigenvalue weighted by molar-refractivity contribution is 0.447. The number of benzene rings is 1. The van der Waals surface area contributed by atoms with E-state index >= 15 is 0 Å². The highest BCUT2D eigenvalue weighted by atomic mass is 32.2. The Morgan fingerprint density at radius 3 is 2.67 bits per heavy atom. The average Bonchev–Trinajstić information content (AvgIpc) is 3.39. The normalized spacial score (nSPS) is 26.0. The van der Waals surface area contributed by atoms with Crippen LogP contribution in [0.4, 0.5) is 0 Å². The SMILES string of the molecule is Cn1ccnc1SC1C[C@@H]2CN(S(=O)(=O)c3ccc4occc4c3)C[C@@H]2C1. The molecule has 27 heavy (non-hydrogen) atoms. The number of imidazole rings is 1.